The number of amides is 1. The summed E-state index contributed by atoms with van der Waals surface area (Å²) in [6.07, 6.45) is 0.899. The standard InChI is InChI=1S/C23H30N4O3/c1-6-16(2)22(23(29)30-5)24-21(28)15-17-8-7-9-19(14-17)26-25-18-10-12-20(13-11-18)27(3)4/h7-14,16,22H,6,15H2,1-5H3,(H,24,28)/t16-,22-/m0/s1. The Labute approximate surface area is 178 Å². The molecule has 0 bridgehead atoms. The summed E-state index contributed by atoms with van der Waals surface area (Å²) >= 11 is 0. The molecule has 0 spiro atoms. The highest BCUT2D eigenvalue weighted by Gasteiger charge is 2.26. The molecule has 2 aromatic carbocycles. The highest BCUT2D eigenvalue weighted by Crippen LogP contribution is 2.22. The predicted octanol–water partition coefficient (Wildman–Crippen LogP) is 4.41. The fraction of sp³-hybridized carbons (Fsp3) is 0.391. The van der Waals surface area contributed by atoms with Crippen LogP contribution in [0.5, 0.6) is 0 Å². The van der Waals surface area contributed by atoms with E-state index in [1.54, 1.807) is 0 Å². The lowest BCUT2D eigenvalue weighted by atomic mass is 9.99. The van der Waals surface area contributed by atoms with Gasteiger partial charge in [0.25, 0.3) is 0 Å². The van der Waals surface area contributed by atoms with Crippen LogP contribution in [-0.4, -0.2) is 39.1 Å². The molecule has 0 aromatic heterocycles. The second kappa shape index (κ2) is 11.1. The van der Waals surface area contributed by atoms with Crippen molar-refractivity contribution in [1.29, 1.82) is 0 Å². The van der Waals surface area contributed by atoms with E-state index in [1.807, 2.05) is 81.4 Å². The van der Waals surface area contributed by atoms with Crippen molar-refractivity contribution in [3.63, 3.8) is 0 Å². The number of rotatable bonds is 9. The van der Waals surface area contributed by atoms with E-state index in [1.165, 1.54) is 7.11 Å². The number of anilines is 1. The maximum absolute atomic E-state index is 12.5. The zero-order valence-electron chi connectivity index (χ0n) is 18.3. The Morgan fingerprint density at radius 1 is 1.07 bits per heavy atom. The number of ether oxygens (including phenoxy) is 1. The first-order valence-electron chi connectivity index (χ1n) is 9.99. The zero-order valence-corrected chi connectivity index (χ0v) is 18.3. The van der Waals surface area contributed by atoms with E-state index in [2.05, 4.69) is 15.5 Å². The minimum atomic E-state index is -0.652. The van der Waals surface area contributed by atoms with Gasteiger partial charge in [-0.15, -0.1) is 0 Å². The number of nitrogens with zero attached hydrogens (tertiary/aromatic N) is 3. The molecule has 1 amide bonds. The first-order chi connectivity index (χ1) is 14.3. The van der Waals surface area contributed by atoms with Crippen LogP contribution in [0, 0.1) is 5.92 Å². The summed E-state index contributed by atoms with van der Waals surface area (Å²) in [5, 5.41) is 11.3. The van der Waals surface area contributed by atoms with Crippen LogP contribution >= 0.6 is 0 Å². The lowest BCUT2D eigenvalue weighted by molar-refractivity contribution is -0.146. The van der Waals surface area contributed by atoms with Gasteiger partial charge >= 0.3 is 5.97 Å². The van der Waals surface area contributed by atoms with E-state index < -0.39 is 12.0 Å². The van der Waals surface area contributed by atoms with Gasteiger partial charge in [0.1, 0.15) is 6.04 Å². The molecular weight excluding hydrogens is 380 g/mol. The Bertz CT molecular complexity index is 878. The molecule has 0 aliphatic heterocycles. The molecule has 2 rings (SSSR count). The molecule has 0 fully saturated rings. The molecule has 0 aliphatic carbocycles. The van der Waals surface area contributed by atoms with E-state index in [-0.39, 0.29) is 18.2 Å². The van der Waals surface area contributed by atoms with Gasteiger partial charge in [0.05, 0.1) is 24.9 Å². The largest absolute Gasteiger partial charge is 0.467 e. The maximum Gasteiger partial charge on any atom is 0.328 e. The second-order valence-corrected chi connectivity index (χ2v) is 7.41. The monoisotopic (exact) mass is 410 g/mol. The number of hydrogen-bond donors (Lipinski definition) is 1. The predicted molar refractivity (Wildman–Crippen MR) is 118 cm³/mol. The Hall–Kier alpha value is -3.22. The summed E-state index contributed by atoms with van der Waals surface area (Å²) in [6.45, 7) is 3.88. The van der Waals surface area contributed by atoms with Crippen LogP contribution in [-0.2, 0) is 20.7 Å². The lowest BCUT2D eigenvalue weighted by Gasteiger charge is -2.21. The number of nitrogens with one attached hydrogen (secondary N) is 1. The van der Waals surface area contributed by atoms with Crippen molar-refractivity contribution in [2.24, 2.45) is 16.1 Å². The molecule has 7 heteroatoms. The van der Waals surface area contributed by atoms with Crippen LogP contribution < -0.4 is 10.2 Å². The molecule has 7 nitrogen and oxygen atoms in total. The van der Waals surface area contributed by atoms with E-state index in [4.69, 9.17) is 4.74 Å². The molecule has 0 saturated carbocycles. The molecule has 2 atom stereocenters. The Balaban J connectivity index is 2.03. The third-order valence-electron chi connectivity index (χ3n) is 4.91. The molecule has 0 heterocycles. The molecule has 0 aliphatic rings. The van der Waals surface area contributed by atoms with Crippen molar-refractivity contribution in [3.8, 4) is 0 Å². The number of carbonyl (C=O) groups excluding carboxylic acids is 2. The number of hydrogen-bond acceptors (Lipinski definition) is 6. The van der Waals surface area contributed by atoms with Gasteiger partial charge in [-0.1, -0.05) is 32.4 Å². The van der Waals surface area contributed by atoms with E-state index >= 15 is 0 Å². The van der Waals surface area contributed by atoms with Crippen LogP contribution in [0.25, 0.3) is 0 Å². The van der Waals surface area contributed by atoms with Crippen molar-refractivity contribution >= 4 is 28.9 Å². The Kier molecular flexibility index (Phi) is 8.53. The first kappa shape index (κ1) is 23.1. The van der Waals surface area contributed by atoms with Gasteiger partial charge in [0, 0.05) is 19.8 Å². The molecule has 0 unspecified atom stereocenters. The van der Waals surface area contributed by atoms with Crippen LogP contribution in [0.15, 0.2) is 58.8 Å². The molecule has 1 N–H and O–H groups in total. The SMILES string of the molecule is CC[C@H](C)[C@H](NC(=O)Cc1cccc(N=Nc2ccc(N(C)C)cc2)c1)C(=O)OC. The second-order valence-electron chi connectivity index (χ2n) is 7.41. The molecule has 2 aromatic rings. The van der Waals surface area contributed by atoms with Crippen molar-refractivity contribution < 1.29 is 14.3 Å². The summed E-state index contributed by atoms with van der Waals surface area (Å²) in [6, 6.07) is 14.4. The number of azo groups is 1. The fourth-order valence-electron chi connectivity index (χ4n) is 2.87. The summed E-state index contributed by atoms with van der Waals surface area (Å²) in [7, 11) is 5.29. The number of carbonyl (C=O) groups is 2. The summed E-state index contributed by atoms with van der Waals surface area (Å²) in [5.41, 5.74) is 3.28. The van der Waals surface area contributed by atoms with Gasteiger partial charge in [-0.25, -0.2) is 4.79 Å². The smallest absolute Gasteiger partial charge is 0.328 e. The Morgan fingerprint density at radius 3 is 2.33 bits per heavy atom. The van der Waals surface area contributed by atoms with E-state index in [9.17, 15) is 9.59 Å². The maximum atomic E-state index is 12.5. The van der Waals surface area contributed by atoms with Crippen LogP contribution in [0.4, 0.5) is 17.1 Å². The van der Waals surface area contributed by atoms with Crippen LogP contribution in [0.1, 0.15) is 25.8 Å². The van der Waals surface area contributed by atoms with E-state index in [0.29, 0.717) is 5.69 Å². The van der Waals surface area contributed by atoms with Crippen molar-refractivity contribution in [2.75, 3.05) is 26.1 Å². The zero-order chi connectivity index (χ0) is 22.1. The number of methoxy groups -OCH3 is 1. The fourth-order valence-corrected chi connectivity index (χ4v) is 2.87. The third-order valence-corrected chi connectivity index (χ3v) is 4.91. The summed E-state index contributed by atoms with van der Waals surface area (Å²) < 4.78 is 4.82. The van der Waals surface area contributed by atoms with Gasteiger partial charge in [-0.2, -0.15) is 10.2 Å². The van der Waals surface area contributed by atoms with Crippen molar-refractivity contribution in [1.82, 2.24) is 5.32 Å². The quantitative estimate of drug-likeness (QED) is 0.490. The Morgan fingerprint density at radius 2 is 1.73 bits per heavy atom. The van der Waals surface area contributed by atoms with Crippen molar-refractivity contribution in [2.45, 2.75) is 32.7 Å². The first-order valence-corrected chi connectivity index (χ1v) is 9.99. The number of esters is 1. The third kappa shape index (κ3) is 6.69. The van der Waals surface area contributed by atoms with Gasteiger partial charge in [-0.05, 0) is 47.9 Å². The minimum Gasteiger partial charge on any atom is -0.467 e. The highest BCUT2D eigenvalue weighted by atomic mass is 16.5. The molecule has 30 heavy (non-hydrogen) atoms. The van der Waals surface area contributed by atoms with E-state index in [0.717, 1.165) is 23.4 Å². The van der Waals surface area contributed by atoms with Gasteiger partial charge in [0.2, 0.25) is 5.91 Å². The molecular formula is C23H30N4O3. The molecule has 0 radical (unpaired) electrons. The van der Waals surface area contributed by atoms with Gasteiger partial charge in [0.15, 0.2) is 0 Å². The summed E-state index contributed by atoms with van der Waals surface area (Å²) in [5.74, 6) is -0.681. The summed E-state index contributed by atoms with van der Waals surface area (Å²) in [4.78, 5) is 26.4. The average Bonchev–Trinajstić information content (AvgIpc) is 2.75. The van der Waals surface area contributed by atoms with Gasteiger partial charge < -0.3 is 15.0 Å². The van der Waals surface area contributed by atoms with Crippen molar-refractivity contribution in [3.05, 3.63) is 54.1 Å². The molecule has 0 saturated heterocycles. The minimum absolute atomic E-state index is 0.0135. The lowest BCUT2D eigenvalue weighted by Crippen LogP contribution is -2.46. The topological polar surface area (TPSA) is 83.4 Å². The highest BCUT2D eigenvalue weighted by molar-refractivity contribution is 5.85. The van der Waals surface area contributed by atoms with Crippen LogP contribution in [0.3, 0.4) is 0 Å². The van der Waals surface area contributed by atoms with Crippen LogP contribution in [0.2, 0.25) is 0 Å². The molecule has 160 valence electrons. The normalized spacial score (nSPS) is 13.0. The number of benzene rings is 2. The van der Waals surface area contributed by atoms with Gasteiger partial charge in [-0.3, -0.25) is 4.79 Å². The average molecular weight is 411 g/mol.